The van der Waals surface area contributed by atoms with Crippen molar-refractivity contribution < 1.29 is 4.42 Å². The number of hydrogen-bond donors (Lipinski definition) is 1. The van der Waals surface area contributed by atoms with Gasteiger partial charge < -0.3 is 9.73 Å². The van der Waals surface area contributed by atoms with Crippen LogP contribution in [0.25, 0.3) is 0 Å². The molecule has 1 atom stereocenters. The highest BCUT2D eigenvalue weighted by atomic mass is 16.3. The van der Waals surface area contributed by atoms with Gasteiger partial charge in [0.25, 0.3) is 0 Å². The van der Waals surface area contributed by atoms with Gasteiger partial charge in [0, 0.05) is 25.7 Å². The number of piperazine rings is 1. The lowest BCUT2D eigenvalue weighted by Gasteiger charge is -2.33. The molecule has 0 bridgehead atoms. The minimum absolute atomic E-state index is 0.606. The molecule has 2 heterocycles. The van der Waals surface area contributed by atoms with E-state index in [0.717, 1.165) is 37.7 Å². The highest BCUT2D eigenvalue weighted by Gasteiger charge is 2.18. The van der Waals surface area contributed by atoms with Crippen LogP contribution in [0.3, 0.4) is 0 Å². The van der Waals surface area contributed by atoms with Crippen molar-refractivity contribution in [3.63, 3.8) is 0 Å². The average Bonchev–Trinajstić information content (AvgIpc) is 2.56. The number of aryl methyl sites for hydroxylation is 1. The smallest absolute Gasteiger partial charge is 0.118 e. The zero-order chi connectivity index (χ0) is 9.97. The van der Waals surface area contributed by atoms with Crippen molar-refractivity contribution in [2.75, 3.05) is 19.6 Å². The van der Waals surface area contributed by atoms with Crippen molar-refractivity contribution in [3.05, 3.63) is 23.7 Å². The van der Waals surface area contributed by atoms with Crippen LogP contribution in [0.15, 0.2) is 16.5 Å². The lowest BCUT2D eigenvalue weighted by molar-refractivity contribution is 0.153. The van der Waals surface area contributed by atoms with E-state index in [9.17, 15) is 0 Å². The molecule has 1 aliphatic heterocycles. The molecule has 3 nitrogen and oxygen atoms in total. The number of nitrogens with zero attached hydrogens (tertiary/aromatic N) is 1. The lowest BCUT2D eigenvalue weighted by Crippen LogP contribution is -2.49. The van der Waals surface area contributed by atoms with Crippen LogP contribution < -0.4 is 5.32 Å². The van der Waals surface area contributed by atoms with E-state index >= 15 is 0 Å². The summed E-state index contributed by atoms with van der Waals surface area (Å²) in [6, 6.07) is 4.71. The molecule has 2 rings (SSSR count). The van der Waals surface area contributed by atoms with Gasteiger partial charge in [-0.1, -0.05) is 0 Å². The molecule has 0 saturated carbocycles. The summed E-state index contributed by atoms with van der Waals surface area (Å²) < 4.78 is 5.57. The number of hydrogen-bond acceptors (Lipinski definition) is 3. The SMILES string of the molecule is Cc1ccc(CN2CCNC[C@@H]2C)o1. The van der Waals surface area contributed by atoms with Gasteiger partial charge in [-0.2, -0.15) is 0 Å². The van der Waals surface area contributed by atoms with Crippen LogP contribution in [-0.2, 0) is 6.54 Å². The molecule has 3 heteroatoms. The largest absolute Gasteiger partial charge is 0.465 e. The summed E-state index contributed by atoms with van der Waals surface area (Å²) in [5.74, 6) is 2.08. The van der Waals surface area contributed by atoms with E-state index < -0.39 is 0 Å². The van der Waals surface area contributed by atoms with Gasteiger partial charge >= 0.3 is 0 Å². The van der Waals surface area contributed by atoms with Gasteiger partial charge in [-0.05, 0) is 26.0 Å². The summed E-state index contributed by atoms with van der Waals surface area (Å²) in [5.41, 5.74) is 0. The van der Waals surface area contributed by atoms with E-state index in [0.29, 0.717) is 6.04 Å². The maximum Gasteiger partial charge on any atom is 0.118 e. The third kappa shape index (κ3) is 2.16. The van der Waals surface area contributed by atoms with Gasteiger partial charge in [0.05, 0.1) is 6.54 Å². The third-order valence-corrected chi connectivity index (χ3v) is 2.79. The Labute approximate surface area is 85.1 Å². The number of nitrogens with one attached hydrogen (secondary N) is 1. The van der Waals surface area contributed by atoms with Crippen LogP contribution in [0, 0.1) is 6.92 Å². The molecule has 1 aromatic heterocycles. The highest BCUT2D eigenvalue weighted by Crippen LogP contribution is 2.12. The van der Waals surface area contributed by atoms with E-state index in [1.807, 2.05) is 13.0 Å². The van der Waals surface area contributed by atoms with Crippen molar-refractivity contribution in [1.29, 1.82) is 0 Å². The van der Waals surface area contributed by atoms with E-state index in [4.69, 9.17) is 4.42 Å². The maximum atomic E-state index is 5.57. The second-order valence-electron chi connectivity index (χ2n) is 4.04. The molecule has 0 aromatic carbocycles. The second kappa shape index (κ2) is 4.15. The quantitative estimate of drug-likeness (QED) is 0.771. The van der Waals surface area contributed by atoms with Crippen LogP contribution in [0.4, 0.5) is 0 Å². The molecule has 78 valence electrons. The molecule has 14 heavy (non-hydrogen) atoms. The molecule has 0 spiro atoms. The van der Waals surface area contributed by atoms with Crippen molar-refractivity contribution in [1.82, 2.24) is 10.2 Å². The van der Waals surface area contributed by atoms with E-state index in [-0.39, 0.29) is 0 Å². The highest BCUT2D eigenvalue weighted by molar-refractivity contribution is 5.05. The van der Waals surface area contributed by atoms with Gasteiger partial charge in [0.1, 0.15) is 11.5 Å². The van der Waals surface area contributed by atoms with Crippen molar-refractivity contribution in [2.45, 2.75) is 26.4 Å². The number of rotatable bonds is 2. The lowest BCUT2D eigenvalue weighted by atomic mass is 10.2. The van der Waals surface area contributed by atoms with Crippen LogP contribution >= 0.6 is 0 Å². The minimum Gasteiger partial charge on any atom is -0.465 e. The fraction of sp³-hybridized carbons (Fsp3) is 0.636. The standard InChI is InChI=1S/C11H18N2O/c1-9-7-12-5-6-13(9)8-11-4-3-10(2)14-11/h3-4,9,12H,5-8H2,1-2H3/t9-/m0/s1. The van der Waals surface area contributed by atoms with Crippen LogP contribution in [-0.4, -0.2) is 30.6 Å². The van der Waals surface area contributed by atoms with Gasteiger partial charge in [-0.15, -0.1) is 0 Å². The maximum absolute atomic E-state index is 5.57. The first-order valence-corrected chi connectivity index (χ1v) is 5.26. The first kappa shape index (κ1) is 9.74. The number of furan rings is 1. The van der Waals surface area contributed by atoms with Crippen LogP contribution in [0.5, 0.6) is 0 Å². The molecule has 1 aromatic rings. The molecule has 0 aliphatic carbocycles. The van der Waals surface area contributed by atoms with Gasteiger partial charge in [0.2, 0.25) is 0 Å². The Bertz CT molecular complexity index is 295. The van der Waals surface area contributed by atoms with E-state index in [1.165, 1.54) is 0 Å². The Kier molecular flexibility index (Phi) is 2.89. The Hall–Kier alpha value is -0.800. The fourth-order valence-electron chi connectivity index (χ4n) is 1.89. The van der Waals surface area contributed by atoms with Crippen molar-refractivity contribution >= 4 is 0 Å². The molecular weight excluding hydrogens is 176 g/mol. The molecule has 0 amide bonds. The van der Waals surface area contributed by atoms with Crippen molar-refractivity contribution in [3.8, 4) is 0 Å². The Morgan fingerprint density at radius 3 is 3.07 bits per heavy atom. The fourth-order valence-corrected chi connectivity index (χ4v) is 1.89. The van der Waals surface area contributed by atoms with E-state index in [2.05, 4.69) is 23.2 Å². The predicted octanol–water partition coefficient (Wildman–Crippen LogP) is 1.38. The third-order valence-electron chi connectivity index (χ3n) is 2.79. The van der Waals surface area contributed by atoms with Gasteiger partial charge in [0.15, 0.2) is 0 Å². The first-order valence-electron chi connectivity index (χ1n) is 5.26. The predicted molar refractivity (Wildman–Crippen MR) is 56.2 cm³/mol. The topological polar surface area (TPSA) is 28.4 Å². The molecule has 1 fully saturated rings. The van der Waals surface area contributed by atoms with Gasteiger partial charge in [-0.25, -0.2) is 0 Å². The summed E-state index contributed by atoms with van der Waals surface area (Å²) in [6.45, 7) is 8.47. The van der Waals surface area contributed by atoms with Crippen LogP contribution in [0.2, 0.25) is 0 Å². The average molecular weight is 194 g/mol. The summed E-state index contributed by atoms with van der Waals surface area (Å²) in [7, 11) is 0. The first-order chi connectivity index (χ1) is 6.75. The zero-order valence-corrected chi connectivity index (χ0v) is 8.92. The molecule has 0 unspecified atom stereocenters. The van der Waals surface area contributed by atoms with E-state index in [1.54, 1.807) is 0 Å². The summed E-state index contributed by atoms with van der Waals surface area (Å²) >= 11 is 0. The van der Waals surface area contributed by atoms with Crippen molar-refractivity contribution in [2.24, 2.45) is 0 Å². The summed E-state index contributed by atoms with van der Waals surface area (Å²) in [4.78, 5) is 2.45. The normalized spacial score (nSPS) is 24.0. The minimum atomic E-state index is 0.606. The Balaban J connectivity index is 1.95. The molecule has 1 aliphatic rings. The molecular formula is C11H18N2O. The molecule has 1 N–H and O–H groups in total. The Morgan fingerprint density at radius 1 is 1.57 bits per heavy atom. The zero-order valence-electron chi connectivity index (χ0n) is 8.92. The van der Waals surface area contributed by atoms with Gasteiger partial charge in [-0.3, -0.25) is 4.90 Å². The second-order valence-corrected chi connectivity index (χ2v) is 4.04. The Morgan fingerprint density at radius 2 is 2.43 bits per heavy atom. The monoisotopic (exact) mass is 194 g/mol. The van der Waals surface area contributed by atoms with Crippen LogP contribution in [0.1, 0.15) is 18.4 Å². The molecule has 0 radical (unpaired) electrons. The summed E-state index contributed by atoms with van der Waals surface area (Å²) in [6.07, 6.45) is 0. The summed E-state index contributed by atoms with van der Waals surface area (Å²) in [5, 5.41) is 3.38. The molecule has 1 saturated heterocycles.